The fourth-order valence-corrected chi connectivity index (χ4v) is 4.64. The molecule has 30 heavy (non-hydrogen) atoms. The standard InChI is InChI=1S/C24H36N4O2/c1-21(17-27-13-15-30-16-14-27)28(18-22-9-5-3-6-10-22)19-23(29)26(2)24(20-25)11-7-4-8-12-24/h3,5-6,9-10,21H,4,7-8,11-19H2,1-2H3. The van der Waals surface area contributed by atoms with Gasteiger partial charge in [-0.25, -0.2) is 0 Å². The Labute approximate surface area is 181 Å². The first-order valence-electron chi connectivity index (χ1n) is 11.3. The third kappa shape index (κ3) is 5.81. The highest BCUT2D eigenvalue weighted by atomic mass is 16.5. The summed E-state index contributed by atoms with van der Waals surface area (Å²) in [6, 6.07) is 13.0. The second kappa shape index (κ2) is 10.9. The number of hydrogen-bond donors (Lipinski definition) is 0. The van der Waals surface area contributed by atoms with Gasteiger partial charge in [-0.2, -0.15) is 5.26 Å². The summed E-state index contributed by atoms with van der Waals surface area (Å²) in [6.07, 6.45) is 4.77. The summed E-state index contributed by atoms with van der Waals surface area (Å²) in [4.78, 5) is 19.7. The molecule has 1 aromatic rings. The molecule has 1 aromatic carbocycles. The molecule has 3 rings (SSSR count). The number of carbonyl (C=O) groups is 1. The number of ether oxygens (including phenoxy) is 1. The van der Waals surface area contributed by atoms with Crippen molar-refractivity contribution in [3.05, 3.63) is 35.9 Å². The molecule has 0 radical (unpaired) electrons. The SMILES string of the molecule is CC(CN1CCOCC1)N(CC(=O)N(C)C1(C#N)CCCCC1)Cc1ccccc1. The van der Waals surface area contributed by atoms with Gasteiger partial charge >= 0.3 is 0 Å². The van der Waals surface area contributed by atoms with Crippen LogP contribution < -0.4 is 0 Å². The second-order valence-corrected chi connectivity index (χ2v) is 8.81. The molecular weight excluding hydrogens is 376 g/mol. The van der Waals surface area contributed by atoms with E-state index in [1.54, 1.807) is 4.90 Å². The molecule has 6 heteroatoms. The normalized spacial score (nSPS) is 20.5. The van der Waals surface area contributed by atoms with Crippen molar-refractivity contribution in [2.75, 3.05) is 46.4 Å². The Bertz CT molecular complexity index is 706. The zero-order chi connectivity index (χ0) is 21.4. The van der Waals surface area contributed by atoms with Crippen molar-refractivity contribution >= 4 is 5.91 Å². The molecule has 1 heterocycles. The maximum atomic E-state index is 13.3. The Kier molecular flexibility index (Phi) is 8.26. The van der Waals surface area contributed by atoms with Gasteiger partial charge < -0.3 is 9.64 Å². The molecule has 1 unspecified atom stereocenters. The van der Waals surface area contributed by atoms with E-state index in [9.17, 15) is 10.1 Å². The number of likely N-dealkylation sites (N-methyl/N-ethyl adjacent to an activating group) is 1. The molecule has 1 saturated carbocycles. The molecule has 1 aliphatic carbocycles. The lowest BCUT2D eigenvalue weighted by Gasteiger charge is -2.41. The highest BCUT2D eigenvalue weighted by Crippen LogP contribution is 2.32. The molecule has 1 amide bonds. The molecule has 6 nitrogen and oxygen atoms in total. The Morgan fingerprint density at radius 3 is 2.50 bits per heavy atom. The highest BCUT2D eigenvalue weighted by Gasteiger charge is 2.39. The van der Waals surface area contributed by atoms with Gasteiger partial charge in [-0.05, 0) is 25.3 Å². The first-order valence-corrected chi connectivity index (χ1v) is 11.3. The summed E-state index contributed by atoms with van der Waals surface area (Å²) >= 11 is 0. The number of hydrogen-bond acceptors (Lipinski definition) is 5. The third-order valence-electron chi connectivity index (χ3n) is 6.72. The van der Waals surface area contributed by atoms with E-state index < -0.39 is 5.54 Å². The van der Waals surface area contributed by atoms with E-state index in [2.05, 4.69) is 34.9 Å². The van der Waals surface area contributed by atoms with E-state index in [0.717, 1.165) is 71.5 Å². The number of morpholine rings is 1. The van der Waals surface area contributed by atoms with Gasteiger partial charge in [0.2, 0.25) is 5.91 Å². The number of amides is 1. The predicted octanol–water partition coefficient (Wildman–Crippen LogP) is 2.89. The fraction of sp³-hybridized carbons (Fsp3) is 0.667. The number of carbonyl (C=O) groups excluding carboxylic acids is 1. The van der Waals surface area contributed by atoms with Crippen LogP contribution in [-0.2, 0) is 16.1 Å². The van der Waals surface area contributed by atoms with E-state index in [4.69, 9.17) is 4.74 Å². The van der Waals surface area contributed by atoms with Crippen molar-refractivity contribution in [1.82, 2.24) is 14.7 Å². The van der Waals surface area contributed by atoms with E-state index in [0.29, 0.717) is 6.54 Å². The largest absolute Gasteiger partial charge is 0.379 e. The first-order chi connectivity index (χ1) is 14.5. The smallest absolute Gasteiger partial charge is 0.237 e. The maximum Gasteiger partial charge on any atom is 0.237 e. The Balaban J connectivity index is 1.70. The number of nitriles is 1. The van der Waals surface area contributed by atoms with Crippen molar-refractivity contribution in [3.63, 3.8) is 0 Å². The van der Waals surface area contributed by atoms with Crippen LogP contribution in [0, 0.1) is 11.3 Å². The van der Waals surface area contributed by atoms with Crippen molar-refractivity contribution < 1.29 is 9.53 Å². The van der Waals surface area contributed by atoms with Crippen LogP contribution in [0.4, 0.5) is 0 Å². The van der Waals surface area contributed by atoms with Crippen LogP contribution in [-0.4, -0.2) is 78.6 Å². The molecule has 0 bridgehead atoms. The van der Waals surface area contributed by atoms with E-state index >= 15 is 0 Å². The summed E-state index contributed by atoms with van der Waals surface area (Å²) in [6.45, 7) is 7.61. The van der Waals surface area contributed by atoms with Crippen LogP contribution in [0.1, 0.15) is 44.6 Å². The zero-order valence-corrected chi connectivity index (χ0v) is 18.6. The van der Waals surface area contributed by atoms with Crippen LogP contribution in [0.25, 0.3) is 0 Å². The minimum atomic E-state index is -0.638. The van der Waals surface area contributed by atoms with Crippen molar-refractivity contribution in [2.45, 2.75) is 57.2 Å². The van der Waals surface area contributed by atoms with Gasteiger partial charge in [-0.1, -0.05) is 49.6 Å². The van der Waals surface area contributed by atoms with Crippen LogP contribution in [0.15, 0.2) is 30.3 Å². The lowest BCUT2D eigenvalue weighted by atomic mass is 9.81. The monoisotopic (exact) mass is 412 g/mol. The van der Waals surface area contributed by atoms with Gasteiger partial charge in [-0.3, -0.25) is 14.6 Å². The maximum absolute atomic E-state index is 13.3. The molecule has 0 N–H and O–H groups in total. The van der Waals surface area contributed by atoms with Crippen molar-refractivity contribution in [2.24, 2.45) is 0 Å². The fourth-order valence-electron chi connectivity index (χ4n) is 4.64. The molecule has 1 aliphatic heterocycles. The van der Waals surface area contributed by atoms with Crippen LogP contribution >= 0.6 is 0 Å². The Morgan fingerprint density at radius 1 is 1.20 bits per heavy atom. The molecule has 0 aromatic heterocycles. The number of benzene rings is 1. The van der Waals surface area contributed by atoms with Crippen LogP contribution in [0.2, 0.25) is 0 Å². The summed E-state index contributed by atoms with van der Waals surface area (Å²) in [5, 5.41) is 9.88. The van der Waals surface area contributed by atoms with Crippen LogP contribution in [0.5, 0.6) is 0 Å². The molecule has 0 spiro atoms. The Morgan fingerprint density at radius 2 is 1.87 bits per heavy atom. The van der Waals surface area contributed by atoms with Gasteiger partial charge in [0.25, 0.3) is 0 Å². The zero-order valence-electron chi connectivity index (χ0n) is 18.6. The topological polar surface area (TPSA) is 59.8 Å². The number of nitrogens with zero attached hydrogens (tertiary/aromatic N) is 4. The minimum absolute atomic E-state index is 0.0446. The van der Waals surface area contributed by atoms with Crippen molar-refractivity contribution in [1.29, 1.82) is 5.26 Å². The van der Waals surface area contributed by atoms with Gasteiger partial charge in [-0.15, -0.1) is 0 Å². The van der Waals surface area contributed by atoms with E-state index in [1.807, 2.05) is 25.2 Å². The lowest BCUT2D eigenvalue weighted by molar-refractivity contribution is -0.137. The molecule has 2 fully saturated rings. The summed E-state index contributed by atoms with van der Waals surface area (Å²) < 4.78 is 5.48. The summed E-state index contributed by atoms with van der Waals surface area (Å²) in [5.41, 5.74) is 0.565. The predicted molar refractivity (Wildman–Crippen MR) is 118 cm³/mol. The van der Waals surface area contributed by atoms with E-state index in [-0.39, 0.29) is 11.9 Å². The molecule has 2 aliphatic rings. The first kappa shape index (κ1) is 22.7. The average molecular weight is 413 g/mol. The molecule has 1 saturated heterocycles. The van der Waals surface area contributed by atoms with Gasteiger partial charge in [0, 0.05) is 39.3 Å². The van der Waals surface area contributed by atoms with Crippen molar-refractivity contribution in [3.8, 4) is 6.07 Å². The summed E-state index contributed by atoms with van der Waals surface area (Å²) in [5.74, 6) is 0.0446. The molecular formula is C24H36N4O2. The van der Waals surface area contributed by atoms with E-state index in [1.165, 1.54) is 5.56 Å². The summed E-state index contributed by atoms with van der Waals surface area (Å²) in [7, 11) is 1.82. The highest BCUT2D eigenvalue weighted by molar-refractivity contribution is 5.79. The quantitative estimate of drug-likeness (QED) is 0.657. The van der Waals surface area contributed by atoms with Gasteiger partial charge in [0.15, 0.2) is 0 Å². The molecule has 1 atom stereocenters. The lowest BCUT2D eigenvalue weighted by Crippen LogP contribution is -2.54. The minimum Gasteiger partial charge on any atom is -0.379 e. The average Bonchev–Trinajstić information content (AvgIpc) is 2.79. The van der Waals surface area contributed by atoms with Crippen LogP contribution in [0.3, 0.4) is 0 Å². The Hall–Kier alpha value is -1.94. The second-order valence-electron chi connectivity index (χ2n) is 8.81. The third-order valence-corrected chi connectivity index (χ3v) is 6.72. The van der Waals surface area contributed by atoms with Gasteiger partial charge in [0.05, 0.1) is 25.8 Å². The number of rotatable bonds is 8. The van der Waals surface area contributed by atoms with Gasteiger partial charge in [0.1, 0.15) is 5.54 Å². The molecule has 164 valence electrons.